The fraction of sp³-hybridized carbons (Fsp3) is 0.731. The summed E-state index contributed by atoms with van der Waals surface area (Å²) in [5.41, 5.74) is -0.795. The first-order valence-electron chi connectivity index (χ1n) is 11.9. The lowest BCUT2D eigenvalue weighted by atomic mass is 9.83. The minimum Gasteiger partial charge on any atom is -0.451 e. The molecule has 0 spiro atoms. The van der Waals surface area contributed by atoms with Crippen molar-refractivity contribution in [3.05, 3.63) is 23.8 Å². The molecule has 0 aliphatic carbocycles. The highest BCUT2D eigenvalue weighted by Crippen LogP contribution is 2.42. The summed E-state index contributed by atoms with van der Waals surface area (Å²) in [4.78, 5) is 38.6. The number of allylic oxidation sites excluding steroid dienone is 2. The molecule has 33 heavy (non-hydrogen) atoms. The normalized spacial score (nSPS) is 39.1. The van der Waals surface area contributed by atoms with Crippen molar-refractivity contribution in [1.29, 1.82) is 0 Å². The molecule has 0 aromatic heterocycles. The summed E-state index contributed by atoms with van der Waals surface area (Å²) in [6.45, 7) is 12.7. The van der Waals surface area contributed by atoms with Gasteiger partial charge in [-0.25, -0.2) is 4.79 Å². The van der Waals surface area contributed by atoms with E-state index in [-0.39, 0.29) is 18.3 Å². The molecule has 0 amide bonds. The van der Waals surface area contributed by atoms with Gasteiger partial charge in [-0.2, -0.15) is 0 Å². The molecule has 1 unspecified atom stereocenters. The maximum Gasteiger partial charge on any atom is 0.331 e. The van der Waals surface area contributed by atoms with Crippen LogP contribution in [0.3, 0.4) is 0 Å². The minimum atomic E-state index is -1.52. The summed E-state index contributed by atoms with van der Waals surface area (Å²) >= 11 is 0. The number of hydrogen-bond acceptors (Lipinski definition) is 7. The lowest BCUT2D eigenvalue weighted by Crippen LogP contribution is -2.52. The molecule has 2 heterocycles. The van der Waals surface area contributed by atoms with Gasteiger partial charge in [0.15, 0.2) is 11.9 Å². The van der Waals surface area contributed by atoms with Crippen molar-refractivity contribution in [3.63, 3.8) is 0 Å². The Kier molecular flexibility index (Phi) is 8.82. The Hall–Kier alpha value is -1.83. The molecule has 0 aromatic carbocycles. The van der Waals surface area contributed by atoms with E-state index in [1.165, 1.54) is 6.08 Å². The molecule has 2 aliphatic heterocycles. The average Bonchev–Trinajstić information content (AvgIpc) is 3.17. The van der Waals surface area contributed by atoms with Crippen molar-refractivity contribution in [1.82, 2.24) is 0 Å². The fourth-order valence-electron chi connectivity index (χ4n) is 4.45. The van der Waals surface area contributed by atoms with Gasteiger partial charge in [-0.05, 0) is 39.5 Å². The van der Waals surface area contributed by atoms with Gasteiger partial charge in [0.05, 0.1) is 11.7 Å². The Morgan fingerprint density at radius 1 is 1.21 bits per heavy atom. The lowest BCUT2D eigenvalue weighted by Gasteiger charge is -2.36. The second-order valence-corrected chi connectivity index (χ2v) is 10.6. The number of fused-ring (bicyclic) bond motifs is 2. The smallest absolute Gasteiger partial charge is 0.331 e. The Morgan fingerprint density at radius 3 is 2.45 bits per heavy atom. The van der Waals surface area contributed by atoms with Crippen LogP contribution in [0.5, 0.6) is 0 Å². The largest absolute Gasteiger partial charge is 0.451 e. The van der Waals surface area contributed by atoms with Gasteiger partial charge in [-0.15, -0.1) is 0 Å². The Morgan fingerprint density at radius 2 is 1.85 bits per heavy atom. The number of ketones is 2. The number of Topliss-reactive ketones (excluding diaryl/α,β-unsaturated/α-hetero) is 2. The molecule has 0 saturated carbocycles. The molecular weight excluding hydrogens is 424 g/mol. The predicted molar refractivity (Wildman–Crippen MR) is 124 cm³/mol. The molecule has 2 bridgehead atoms. The quantitative estimate of drug-likeness (QED) is 0.374. The number of rotatable bonds is 3. The van der Waals surface area contributed by atoms with Gasteiger partial charge >= 0.3 is 5.97 Å². The molecule has 2 N–H and O–H groups in total. The average molecular weight is 465 g/mol. The van der Waals surface area contributed by atoms with E-state index < -0.39 is 52.9 Å². The van der Waals surface area contributed by atoms with Crippen molar-refractivity contribution in [2.24, 2.45) is 17.3 Å². The van der Waals surface area contributed by atoms with E-state index in [4.69, 9.17) is 9.47 Å². The van der Waals surface area contributed by atoms with E-state index in [1.54, 1.807) is 33.8 Å². The van der Waals surface area contributed by atoms with Crippen molar-refractivity contribution in [3.8, 4) is 0 Å². The van der Waals surface area contributed by atoms with Gasteiger partial charge in [0.2, 0.25) is 5.78 Å². The summed E-state index contributed by atoms with van der Waals surface area (Å²) in [5, 5.41) is 21.6. The molecule has 7 nitrogen and oxygen atoms in total. The first kappa shape index (κ1) is 27.4. The highest BCUT2D eigenvalue weighted by Gasteiger charge is 2.51. The van der Waals surface area contributed by atoms with E-state index in [9.17, 15) is 24.6 Å². The van der Waals surface area contributed by atoms with E-state index in [2.05, 4.69) is 0 Å². The number of carbonyl (C=O) groups excluding carboxylic acids is 3. The van der Waals surface area contributed by atoms with E-state index in [0.717, 1.165) is 5.57 Å². The number of hydrogen-bond donors (Lipinski definition) is 2. The first-order valence-corrected chi connectivity index (χ1v) is 11.9. The molecule has 0 aromatic rings. The zero-order valence-electron chi connectivity index (χ0n) is 21.0. The second-order valence-electron chi connectivity index (χ2n) is 10.6. The number of aliphatic hydroxyl groups excluding tert-OH is 2. The van der Waals surface area contributed by atoms with E-state index in [1.807, 2.05) is 26.8 Å². The van der Waals surface area contributed by atoms with Crippen molar-refractivity contribution >= 4 is 17.5 Å². The topological polar surface area (TPSA) is 110 Å². The summed E-state index contributed by atoms with van der Waals surface area (Å²) in [6, 6.07) is 0. The van der Waals surface area contributed by atoms with Crippen LogP contribution in [0.1, 0.15) is 74.1 Å². The predicted octanol–water partition coefficient (Wildman–Crippen LogP) is 3.31. The maximum atomic E-state index is 13.4. The summed E-state index contributed by atoms with van der Waals surface area (Å²) in [7, 11) is 0. The zero-order chi connectivity index (χ0) is 25.1. The lowest BCUT2D eigenvalue weighted by molar-refractivity contribution is -0.172. The molecule has 1 saturated heterocycles. The van der Waals surface area contributed by atoms with Crippen LogP contribution in [0.2, 0.25) is 0 Å². The molecule has 2 aliphatic rings. The summed E-state index contributed by atoms with van der Waals surface area (Å²) < 4.78 is 11.7. The number of ether oxygens (including phenoxy) is 2. The van der Waals surface area contributed by atoms with Crippen molar-refractivity contribution in [2.45, 2.75) is 104 Å². The van der Waals surface area contributed by atoms with Gasteiger partial charge < -0.3 is 19.7 Å². The molecule has 2 rings (SSSR count). The van der Waals surface area contributed by atoms with Crippen LogP contribution in [0, 0.1) is 17.3 Å². The number of aliphatic hydroxyl groups is 2. The minimum absolute atomic E-state index is 0.0759. The third-order valence-corrected chi connectivity index (χ3v) is 7.14. The third-order valence-electron chi connectivity index (χ3n) is 7.14. The summed E-state index contributed by atoms with van der Waals surface area (Å²) in [6.07, 6.45) is 2.22. The molecule has 7 heteroatoms. The van der Waals surface area contributed by atoms with Gasteiger partial charge in [0, 0.05) is 23.3 Å². The van der Waals surface area contributed by atoms with Crippen LogP contribution in [0.15, 0.2) is 23.8 Å². The molecule has 0 radical (unpaired) electrons. The Balaban J connectivity index is 2.46. The standard InChI is InChI=1S/C26H40O7/c1-8-15(2)13-20(28)32-23-17(4)14-18(27)21(29)16(3)9-11-25(5,6)19-10-12-26(7,33-19)24(31)22(23)30/h9,11,13,16-19,23-24,27,31H,8,10,12,14H2,1-7H3/b11-9+,15-13+/t16-,17+,18?,19-,23+,24+,26+/m0/s1. The van der Waals surface area contributed by atoms with Crippen LogP contribution >= 0.6 is 0 Å². The van der Waals surface area contributed by atoms with E-state index in [0.29, 0.717) is 19.3 Å². The van der Waals surface area contributed by atoms with Crippen LogP contribution < -0.4 is 0 Å². The third kappa shape index (κ3) is 6.40. The van der Waals surface area contributed by atoms with E-state index >= 15 is 0 Å². The van der Waals surface area contributed by atoms with Crippen LogP contribution in [-0.2, 0) is 23.9 Å². The number of esters is 1. The summed E-state index contributed by atoms with van der Waals surface area (Å²) in [5.74, 6) is -2.97. The Labute approximate surface area is 197 Å². The highest BCUT2D eigenvalue weighted by atomic mass is 16.6. The zero-order valence-corrected chi connectivity index (χ0v) is 21.0. The van der Waals surface area contributed by atoms with Crippen molar-refractivity contribution < 1.29 is 34.1 Å². The second kappa shape index (κ2) is 10.6. The van der Waals surface area contributed by atoms with Crippen LogP contribution in [0.4, 0.5) is 0 Å². The van der Waals surface area contributed by atoms with Gasteiger partial charge in [-0.1, -0.05) is 52.3 Å². The molecule has 7 atom stereocenters. The fourth-order valence-corrected chi connectivity index (χ4v) is 4.45. The maximum absolute atomic E-state index is 13.4. The monoisotopic (exact) mass is 464 g/mol. The SMILES string of the molecule is CC/C(C)=C/C(=O)O[C@H]1C(=O)[C@@H](O)[C@@]2(C)CC[C@H](O2)C(C)(C)/C=C/[C@H](C)C(=O)C(O)C[C@H]1C. The first-order chi connectivity index (χ1) is 15.2. The van der Waals surface area contributed by atoms with Crippen LogP contribution in [0.25, 0.3) is 0 Å². The number of carbonyl (C=O) groups is 3. The van der Waals surface area contributed by atoms with Gasteiger partial charge in [0.1, 0.15) is 12.2 Å². The highest BCUT2D eigenvalue weighted by molar-refractivity contribution is 5.92. The van der Waals surface area contributed by atoms with Crippen molar-refractivity contribution in [2.75, 3.05) is 0 Å². The molecule has 186 valence electrons. The molecular formula is C26H40O7. The van der Waals surface area contributed by atoms with Gasteiger partial charge in [0.25, 0.3) is 0 Å². The van der Waals surface area contributed by atoms with Crippen LogP contribution in [-0.4, -0.2) is 57.8 Å². The molecule has 1 fully saturated rings. The van der Waals surface area contributed by atoms with Gasteiger partial charge in [-0.3, -0.25) is 9.59 Å². The Bertz CT molecular complexity index is 811.